The maximum atomic E-state index is 12.1. The molecule has 1 atom stereocenters. The Kier molecular flexibility index (Phi) is 8.74. The summed E-state index contributed by atoms with van der Waals surface area (Å²) in [6, 6.07) is -0.291. The lowest BCUT2D eigenvalue weighted by atomic mass is 10.0. The molecule has 0 bridgehead atoms. The topological polar surface area (TPSA) is 115 Å². The second-order valence-corrected chi connectivity index (χ2v) is 8.47. The Morgan fingerprint density at radius 2 is 1.82 bits per heavy atom. The lowest BCUT2D eigenvalue weighted by Gasteiger charge is -2.11. The third kappa shape index (κ3) is 5.97. The summed E-state index contributed by atoms with van der Waals surface area (Å²) in [6.45, 7) is 13.5. The molecular weight excluding hydrogens is 418 g/mol. The van der Waals surface area contributed by atoms with Crippen molar-refractivity contribution in [3.05, 3.63) is 44.2 Å². The molecule has 2 rings (SSSR count). The molecule has 0 amide bonds. The standard InChI is InChI=1S/C26H35N3O4/c1-8-18(12-23(30)31)27-15(5)11-14(4)25-24(26(32)33)17(7)21(29-25)13-22-19(9-2)16(6)20(10-3)28-22/h10,13,18,28H,8-9,11-12H2,1-7H3,(H,30,31)(H,32,33)/b20-10?,22-13-,25-14+,27-15?. The zero-order valence-corrected chi connectivity index (χ0v) is 20.7. The maximum absolute atomic E-state index is 12.1. The van der Waals surface area contributed by atoms with Crippen LogP contribution in [0.4, 0.5) is 0 Å². The van der Waals surface area contributed by atoms with Gasteiger partial charge in [-0.3, -0.25) is 9.79 Å². The van der Waals surface area contributed by atoms with Gasteiger partial charge in [0.1, 0.15) is 0 Å². The molecule has 1 aliphatic rings. The van der Waals surface area contributed by atoms with Crippen molar-refractivity contribution in [3.63, 3.8) is 0 Å². The van der Waals surface area contributed by atoms with E-state index in [2.05, 4.69) is 23.8 Å². The molecule has 178 valence electrons. The third-order valence-electron chi connectivity index (χ3n) is 6.03. The zero-order valence-electron chi connectivity index (χ0n) is 20.7. The summed E-state index contributed by atoms with van der Waals surface area (Å²) >= 11 is 0. The molecule has 1 unspecified atom stereocenters. The van der Waals surface area contributed by atoms with Crippen LogP contribution in [0.2, 0.25) is 0 Å². The number of allylic oxidation sites excluding steroid dienone is 2. The van der Waals surface area contributed by atoms with Gasteiger partial charge in [0.25, 0.3) is 0 Å². The van der Waals surface area contributed by atoms with Crippen LogP contribution in [-0.2, 0) is 16.0 Å². The smallest absolute Gasteiger partial charge is 0.338 e. The van der Waals surface area contributed by atoms with Crippen LogP contribution in [0, 0.1) is 6.92 Å². The van der Waals surface area contributed by atoms with Crippen LogP contribution in [-0.4, -0.2) is 44.6 Å². The number of carboxylic acids is 2. The quantitative estimate of drug-likeness (QED) is 0.495. The molecule has 3 N–H and O–H groups in total. The first kappa shape index (κ1) is 26.0. The fourth-order valence-electron chi connectivity index (χ4n) is 4.27. The molecule has 0 radical (unpaired) electrons. The molecule has 0 spiro atoms. The Morgan fingerprint density at radius 1 is 1.15 bits per heavy atom. The van der Waals surface area contributed by atoms with E-state index in [9.17, 15) is 14.7 Å². The summed E-state index contributed by atoms with van der Waals surface area (Å²) in [5.74, 6) is -1.89. The lowest BCUT2D eigenvalue weighted by molar-refractivity contribution is -0.137. The molecule has 1 aliphatic heterocycles. The van der Waals surface area contributed by atoms with Crippen molar-refractivity contribution in [3.8, 4) is 0 Å². The highest BCUT2D eigenvalue weighted by Crippen LogP contribution is 2.30. The van der Waals surface area contributed by atoms with E-state index in [0.717, 1.165) is 28.4 Å². The van der Waals surface area contributed by atoms with Gasteiger partial charge in [0.05, 0.1) is 29.4 Å². The summed E-state index contributed by atoms with van der Waals surface area (Å²) in [5.41, 5.74) is 5.85. The van der Waals surface area contributed by atoms with E-state index in [-0.39, 0.29) is 18.0 Å². The van der Waals surface area contributed by atoms with Gasteiger partial charge in [0.15, 0.2) is 0 Å². The number of hydrogen-bond acceptors (Lipinski definition) is 4. The summed E-state index contributed by atoms with van der Waals surface area (Å²) < 4.78 is 0. The molecule has 1 aromatic rings. The number of aromatic amines is 1. The van der Waals surface area contributed by atoms with Crippen molar-refractivity contribution in [1.82, 2.24) is 4.98 Å². The average Bonchev–Trinajstić information content (AvgIpc) is 3.23. The third-order valence-corrected chi connectivity index (χ3v) is 6.03. The minimum absolute atomic E-state index is 0.0212. The Balaban J connectivity index is 2.55. The largest absolute Gasteiger partial charge is 0.481 e. The number of carboxylic acid groups (broad SMARTS) is 2. The minimum atomic E-state index is -1.01. The van der Waals surface area contributed by atoms with Crippen LogP contribution in [0.25, 0.3) is 12.2 Å². The molecule has 33 heavy (non-hydrogen) atoms. The Morgan fingerprint density at radius 3 is 2.33 bits per heavy atom. The van der Waals surface area contributed by atoms with Gasteiger partial charge >= 0.3 is 11.9 Å². The highest BCUT2D eigenvalue weighted by Gasteiger charge is 2.27. The molecule has 0 aliphatic carbocycles. The van der Waals surface area contributed by atoms with Gasteiger partial charge in [-0.25, -0.2) is 9.79 Å². The van der Waals surface area contributed by atoms with E-state index >= 15 is 0 Å². The van der Waals surface area contributed by atoms with Crippen molar-refractivity contribution in [2.24, 2.45) is 9.98 Å². The van der Waals surface area contributed by atoms with Crippen molar-refractivity contribution < 1.29 is 19.8 Å². The second kappa shape index (κ2) is 11.1. The number of nitrogens with zero attached hydrogens (tertiary/aromatic N) is 2. The van der Waals surface area contributed by atoms with E-state index in [1.54, 1.807) is 6.92 Å². The molecule has 7 nitrogen and oxygen atoms in total. The van der Waals surface area contributed by atoms with Gasteiger partial charge in [-0.05, 0) is 75.8 Å². The molecule has 0 fully saturated rings. The number of aromatic nitrogens is 1. The van der Waals surface area contributed by atoms with E-state index in [4.69, 9.17) is 10.1 Å². The van der Waals surface area contributed by atoms with Crippen LogP contribution >= 0.6 is 0 Å². The van der Waals surface area contributed by atoms with Crippen LogP contribution in [0.1, 0.15) is 71.9 Å². The first-order chi connectivity index (χ1) is 15.5. The Labute approximate surface area is 195 Å². The Hall–Kier alpha value is -3.22. The normalized spacial score (nSPS) is 18.2. The maximum Gasteiger partial charge on any atom is 0.338 e. The summed E-state index contributed by atoms with van der Waals surface area (Å²) in [4.78, 5) is 35.8. The lowest BCUT2D eigenvalue weighted by Crippen LogP contribution is -2.14. The number of carbonyl (C=O) groups is 2. The van der Waals surface area contributed by atoms with Gasteiger partial charge < -0.3 is 15.2 Å². The number of H-pyrrole nitrogens is 1. The van der Waals surface area contributed by atoms with Crippen molar-refractivity contribution in [2.45, 2.75) is 80.2 Å². The van der Waals surface area contributed by atoms with E-state index in [1.165, 1.54) is 11.1 Å². The van der Waals surface area contributed by atoms with Gasteiger partial charge in [-0.1, -0.05) is 19.9 Å². The predicted octanol–water partition coefficient (Wildman–Crippen LogP) is 3.70. The van der Waals surface area contributed by atoms with Crippen LogP contribution < -0.4 is 10.7 Å². The fraction of sp³-hybridized carbons (Fsp3) is 0.462. The van der Waals surface area contributed by atoms with Gasteiger partial charge in [-0.2, -0.15) is 0 Å². The zero-order chi connectivity index (χ0) is 24.9. The fourth-order valence-corrected chi connectivity index (χ4v) is 4.27. The van der Waals surface area contributed by atoms with Crippen LogP contribution in [0.5, 0.6) is 0 Å². The number of aliphatic carboxylic acids is 2. The Bertz CT molecular complexity index is 1190. The highest BCUT2D eigenvalue weighted by atomic mass is 16.4. The summed E-state index contributed by atoms with van der Waals surface area (Å²) in [6.07, 6.45) is 5.85. The minimum Gasteiger partial charge on any atom is -0.481 e. The first-order valence-electron chi connectivity index (χ1n) is 11.4. The predicted molar refractivity (Wildman–Crippen MR) is 133 cm³/mol. The van der Waals surface area contributed by atoms with Gasteiger partial charge in [-0.15, -0.1) is 0 Å². The first-order valence-corrected chi connectivity index (χ1v) is 11.4. The molecule has 0 aromatic carbocycles. The molecule has 0 saturated heterocycles. The second-order valence-electron chi connectivity index (χ2n) is 8.47. The average molecular weight is 454 g/mol. The number of hydrogen-bond donors (Lipinski definition) is 3. The molecule has 2 heterocycles. The molecular formula is C26H35N3O4. The van der Waals surface area contributed by atoms with Crippen molar-refractivity contribution in [1.29, 1.82) is 0 Å². The van der Waals surface area contributed by atoms with E-state index in [0.29, 0.717) is 29.8 Å². The van der Waals surface area contributed by atoms with Crippen LogP contribution in [0.3, 0.4) is 0 Å². The van der Waals surface area contributed by atoms with Crippen LogP contribution in [0.15, 0.2) is 32.4 Å². The monoisotopic (exact) mass is 453 g/mol. The number of nitrogens with one attached hydrogen (secondary N) is 1. The van der Waals surface area contributed by atoms with Crippen molar-refractivity contribution in [2.75, 3.05) is 0 Å². The van der Waals surface area contributed by atoms with Gasteiger partial charge in [0, 0.05) is 22.8 Å². The summed E-state index contributed by atoms with van der Waals surface area (Å²) in [5, 5.41) is 21.0. The number of rotatable bonds is 9. The highest BCUT2D eigenvalue weighted by molar-refractivity contribution is 6.26. The van der Waals surface area contributed by atoms with Crippen molar-refractivity contribution >= 4 is 35.5 Å². The van der Waals surface area contributed by atoms with Gasteiger partial charge in [0.2, 0.25) is 0 Å². The summed E-state index contributed by atoms with van der Waals surface area (Å²) in [7, 11) is 0. The molecule has 7 heteroatoms. The molecule has 0 saturated carbocycles. The SMILES string of the molecule is CC=c1[nH]/c(=C\C2=NC(=C(\C)CC(C)=NC(CC)CC(=O)O)/C(C(=O)O)=C2C)c(CC)c1C. The van der Waals surface area contributed by atoms with E-state index in [1.807, 2.05) is 39.8 Å². The van der Waals surface area contributed by atoms with E-state index < -0.39 is 11.9 Å². The molecule has 1 aromatic heterocycles. The number of aliphatic imine (C=N–C) groups is 2.